The lowest BCUT2D eigenvalue weighted by Gasteiger charge is -2.43. The molecule has 1 aromatic rings. The SMILES string of the molecule is CC1(C)CC(=O)C2=C(C1)N=C1SCCC(=O)N1C2c1ccccc1OC(F)F. The number of amidine groups is 1. The molecule has 148 valence electrons. The number of thioether (sulfide) groups is 1. The molecule has 3 aliphatic rings. The second-order valence-electron chi connectivity index (χ2n) is 7.88. The summed E-state index contributed by atoms with van der Waals surface area (Å²) in [7, 11) is 0. The lowest BCUT2D eigenvalue weighted by molar-refractivity contribution is -0.128. The third kappa shape index (κ3) is 3.34. The molecule has 1 saturated heterocycles. The number of amides is 1. The van der Waals surface area contributed by atoms with Gasteiger partial charge >= 0.3 is 6.61 Å². The molecule has 1 unspecified atom stereocenters. The standard InChI is InChI=1S/C20H20F2N2O3S/c1-20(2)9-12-16(13(25)10-20)17(24-15(26)7-8-28-19(24)23-12)11-5-3-4-6-14(11)27-18(21)22/h3-6,17-18H,7-10H2,1-2H3. The van der Waals surface area contributed by atoms with Crippen LogP contribution in [0.15, 0.2) is 40.5 Å². The molecular formula is C20H20F2N2O3S. The Morgan fingerprint density at radius 2 is 2.00 bits per heavy atom. The van der Waals surface area contributed by atoms with Crippen molar-refractivity contribution in [3.63, 3.8) is 0 Å². The number of hydrogen-bond acceptors (Lipinski definition) is 5. The molecule has 0 N–H and O–H groups in total. The van der Waals surface area contributed by atoms with Crippen molar-refractivity contribution in [2.45, 2.75) is 45.8 Å². The number of ketones is 1. The van der Waals surface area contributed by atoms with E-state index in [2.05, 4.69) is 4.99 Å². The zero-order valence-electron chi connectivity index (χ0n) is 15.6. The van der Waals surface area contributed by atoms with Crippen molar-refractivity contribution in [3.8, 4) is 5.75 Å². The van der Waals surface area contributed by atoms with Gasteiger partial charge in [-0.05, 0) is 17.9 Å². The van der Waals surface area contributed by atoms with Crippen LogP contribution in [-0.2, 0) is 9.59 Å². The Bertz CT molecular complexity index is 910. The number of carbonyl (C=O) groups is 2. The molecule has 4 rings (SSSR count). The summed E-state index contributed by atoms with van der Waals surface area (Å²) in [5.41, 5.74) is 1.21. The van der Waals surface area contributed by atoms with E-state index in [4.69, 9.17) is 4.74 Å². The first kappa shape index (κ1) is 19.1. The number of fused-ring (bicyclic) bond motifs is 1. The molecular weight excluding hydrogens is 386 g/mol. The van der Waals surface area contributed by atoms with Gasteiger partial charge in [-0.1, -0.05) is 43.8 Å². The summed E-state index contributed by atoms with van der Waals surface area (Å²) in [6.45, 7) is 1.01. The summed E-state index contributed by atoms with van der Waals surface area (Å²) in [6.07, 6.45) is 1.22. The van der Waals surface area contributed by atoms with Crippen LogP contribution in [0, 0.1) is 5.41 Å². The smallest absolute Gasteiger partial charge is 0.387 e. The molecule has 1 fully saturated rings. The third-order valence-electron chi connectivity index (χ3n) is 5.11. The number of carbonyl (C=O) groups excluding carboxylic acids is 2. The van der Waals surface area contributed by atoms with Gasteiger partial charge in [0.25, 0.3) is 0 Å². The van der Waals surface area contributed by atoms with Crippen LogP contribution in [-0.4, -0.2) is 34.1 Å². The van der Waals surface area contributed by atoms with E-state index in [1.54, 1.807) is 18.2 Å². The summed E-state index contributed by atoms with van der Waals surface area (Å²) < 4.78 is 30.7. The number of Topliss-reactive ketones (excluding diaryl/α,β-unsaturated/α-hetero) is 1. The molecule has 0 saturated carbocycles. The van der Waals surface area contributed by atoms with E-state index in [1.165, 1.54) is 22.7 Å². The number of ether oxygens (including phenoxy) is 1. The Hall–Kier alpha value is -2.22. The van der Waals surface area contributed by atoms with Crippen LogP contribution in [0.4, 0.5) is 8.78 Å². The highest BCUT2D eigenvalue weighted by Crippen LogP contribution is 2.49. The molecule has 1 aromatic carbocycles. The van der Waals surface area contributed by atoms with E-state index < -0.39 is 12.7 Å². The summed E-state index contributed by atoms with van der Waals surface area (Å²) in [6, 6.07) is 5.56. The fourth-order valence-electron chi connectivity index (χ4n) is 4.03. The number of alkyl halides is 2. The third-order valence-corrected chi connectivity index (χ3v) is 6.06. The van der Waals surface area contributed by atoms with Gasteiger partial charge < -0.3 is 4.74 Å². The van der Waals surface area contributed by atoms with Crippen LogP contribution in [0.1, 0.15) is 44.7 Å². The Labute approximate surface area is 165 Å². The molecule has 0 bridgehead atoms. The van der Waals surface area contributed by atoms with Crippen molar-refractivity contribution in [2.75, 3.05) is 5.75 Å². The summed E-state index contributed by atoms with van der Waals surface area (Å²) in [5, 5.41) is 0.525. The van der Waals surface area contributed by atoms with Crippen LogP contribution in [0.25, 0.3) is 0 Å². The van der Waals surface area contributed by atoms with E-state index >= 15 is 0 Å². The number of hydrogen-bond donors (Lipinski definition) is 0. The van der Waals surface area contributed by atoms with Crippen LogP contribution in [0.2, 0.25) is 0 Å². The molecule has 0 radical (unpaired) electrons. The summed E-state index contributed by atoms with van der Waals surface area (Å²) in [4.78, 5) is 32.0. The van der Waals surface area contributed by atoms with Gasteiger partial charge in [-0.2, -0.15) is 8.78 Å². The van der Waals surface area contributed by atoms with E-state index in [-0.39, 0.29) is 22.9 Å². The first-order valence-corrected chi connectivity index (χ1v) is 10.1. The van der Waals surface area contributed by atoms with E-state index in [1.807, 2.05) is 13.8 Å². The monoisotopic (exact) mass is 406 g/mol. The number of rotatable bonds is 3. The minimum absolute atomic E-state index is 0.0309. The van der Waals surface area contributed by atoms with Gasteiger partial charge in [0.15, 0.2) is 11.0 Å². The molecule has 28 heavy (non-hydrogen) atoms. The molecule has 0 aromatic heterocycles. The van der Waals surface area contributed by atoms with Crippen LogP contribution in [0.5, 0.6) is 5.75 Å². The number of nitrogens with zero attached hydrogens (tertiary/aromatic N) is 2. The first-order chi connectivity index (χ1) is 13.3. The van der Waals surface area contributed by atoms with Gasteiger partial charge in [0.05, 0.1) is 11.7 Å². The number of benzene rings is 1. The molecule has 1 atom stereocenters. The van der Waals surface area contributed by atoms with Crippen molar-refractivity contribution < 1.29 is 23.1 Å². The fraction of sp³-hybridized carbons (Fsp3) is 0.450. The largest absolute Gasteiger partial charge is 0.434 e. The maximum absolute atomic E-state index is 13.1. The Morgan fingerprint density at radius 3 is 2.75 bits per heavy atom. The number of para-hydroxylation sites is 1. The predicted octanol–water partition coefficient (Wildman–Crippen LogP) is 4.31. The second kappa shape index (κ2) is 6.99. The van der Waals surface area contributed by atoms with Gasteiger partial charge in [-0.3, -0.25) is 14.5 Å². The van der Waals surface area contributed by atoms with Crippen LogP contribution < -0.4 is 4.74 Å². The van der Waals surface area contributed by atoms with Crippen molar-refractivity contribution in [1.82, 2.24) is 4.90 Å². The highest BCUT2D eigenvalue weighted by atomic mass is 32.2. The zero-order chi connectivity index (χ0) is 20.1. The average molecular weight is 406 g/mol. The Balaban J connectivity index is 1.91. The Kier molecular flexibility index (Phi) is 4.77. The topological polar surface area (TPSA) is 59.0 Å². The molecule has 1 amide bonds. The van der Waals surface area contributed by atoms with Crippen molar-refractivity contribution in [2.24, 2.45) is 10.4 Å². The minimum Gasteiger partial charge on any atom is -0.434 e. The highest BCUT2D eigenvalue weighted by Gasteiger charge is 2.46. The van der Waals surface area contributed by atoms with Gasteiger partial charge in [0.2, 0.25) is 5.91 Å². The van der Waals surface area contributed by atoms with Gasteiger partial charge in [-0.15, -0.1) is 0 Å². The first-order valence-electron chi connectivity index (χ1n) is 9.10. The Morgan fingerprint density at radius 1 is 1.25 bits per heavy atom. The number of aliphatic imine (C=N–C) groups is 1. The molecule has 1 aliphatic carbocycles. The van der Waals surface area contributed by atoms with Crippen LogP contribution in [0.3, 0.4) is 0 Å². The van der Waals surface area contributed by atoms with Gasteiger partial charge in [0, 0.05) is 29.7 Å². The fourth-order valence-corrected chi connectivity index (χ4v) is 5.01. The molecule has 0 spiro atoms. The normalized spacial score (nSPS) is 24.1. The molecule has 2 heterocycles. The van der Waals surface area contributed by atoms with Gasteiger partial charge in [0.1, 0.15) is 5.75 Å². The second-order valence-corrected chi connectivity index (χ2v) is 8.94. The van der Waals surface area contributed by atoms with Crippen LogP contribution >= 0.6 is 11.8 Å². The quantitative estimate of drug-likeness (QED) is 0.751. The summed E-state index contributed by atoms with van der Waals surface area (Å²) in [5.74, 6) is 0.306. The predicted molar refractivity (Wildman–Crippen MR) is 102 cm³/mol. The van der Waals surface area contributed by atoms with E-state index in [0.29, 0.717) is 47.0 Å². The zero-order valence-corrected chi connectivity index (χ0v) is 16.4. The van der Waals surface area contributed by atoms with Gasteiger partial charge in [-0.25, -0.2) is 4.99 Å². The lowest BCUT2D eigenvalue weighted by atomic mass is 9.73. The maximum atomic E-state index is 13.1. The lowest BCUT2D eigenvalue weighted by Crippen LogP contribution is -2.47. The molecule has 2 aliphatic heterocycles. The van der Waals surface area contributed by atoms with Crippen molar-refractivity contribution in [1.29, 1.82) is 0 Å². The number of allylic oxidation sites excluding steroid dienone is 1. The van der Waals surface area contributed by atoms with Crippen molar-refractivity contribution in [3.05, 3.63) is 41.1 Å². The maximum Gasteiger partial charge on any atom is 0.387 e. The molecule has 5 nitrogen and oxygen atoms in total. The minimum atomic E-state index is -3.00. The highest BCUT2D eigenvalue weighted by molar-refractivity contribution is 8.14. The van der Waals surface area contributed by atoms with E-state index in [9.17, 15) is 18.4 Å². The van der Waals surface area contributed by atoms with E-state index in [0.717, 1.165) is 0 Å². The average Bonchev–Trinajstić information content (AvgIpc) is 2.59. The molecule has 8 heteroatoms. The number of halogens is 2. The van der Waals surface area contributed by atoms with Crippen molar-refractivity contribution >= 4 is 28.6 Å². The summed E-state index contributed by atoms with van der Waals surface area (Å²) >= 11 is 1.45.